The van der Waals surface area contributed by atoms with E-state index in [1.165, 1.54) is 11.3 Å². The zero-order valence-electron chi connectivity index (χ0n) is 10.8. The minimum atomic E-state index is 0.0609. The molecule has 1 heterocycles. The average Bonchev–Trinajstić information content (AvgIpc) is 2.50. The molecule has 0 aliphatic carbocycles. The largest absolute Gasteiger partial charge is 0.508 e. The Labute approximate surface area is 136 Å². The first-order valence-electron chi connectivity index (χ1n) is 5.90. The normalized spacial score (nSPS) is 26.8. The number of nitrogens with zero attached hydrogens (tertiary/aromatic N) is 2. The summed E-state index contributed by atoms with van der Waals surface area (Å²) in [5.41, 5.74) is 2.49. The van der Waals surface area contributed by atoms with Crippen LogP contribution in [0.4, 0.5) is 5.69 Å². The summed E-state index contributed by atoms with van der Waals surface area (Å²) in [5, 5.41) is 9.74. The van der Waals surface area contributed by atoms with Gasteiger partial charge in [-0.05, 0) is 50.8 Å². The van der Waals surface area contributed by atoms with Crippen LogP contribution in [0.2, 0.25) is 0 Å². The quantitative estimate of drug-likeness (QED) is 0.416. The molecule has 0 fully saturated rings. The number of rotatable bonds is 3. The maximum atomic E-state index is 9.74. The maximum absolute atomic E-state index is 9.74. The van der Waals surface area contributed by atoms with Gasteiger partial charge in [-0.15, -0.1) is 0 Å². The van der Waals surface area contributed by atoms with Crippen LogP contribution in [0.3, 0.4) is 0 Å². The van der Waals surface area contributed by atoms with Crippen molar-refractivity contribution in [1.82, 2.24) is 4.90 Å². The molecule has 0 amide bonds. The predicted molar refractivity (Wildman–Crippen MR) is 93.2 cm³/mol. The Kier molecular flexibility index (Phi) is 4.33. The molecule has 2 rings (SSSR count). The van der Waals surface area contributed by atoms with Crippen LogP contribution in [-0.2, 0) is 3.42 Å². The minimum absolute atomic E-state index is 0.0609. The van der Waals surface area contributed by atoms with E-state index in [1.807, 2.05) is 12.1 Å². The molecule has 2 unspecified atom stereocenters. The van der Waals surface area contributed by atoms with Crippen molar-refractivity contribution in [2.75, 3.05) is 32.6 Å². The van der Waals surface area contributed by atoms with E-state index >= 15 is 0 Å². The van der Waals surface area contributed by atoms with Crippen LogP contribution in [0.15, 0.2) is 18.2 Å². The topological polar surface area (TPSA) is 26.7 Å². The van der Waals surface area contributed by atoms with Gasteiger partial charge < -0.3 is 14.9 Å². The number of halogens is 2. The Morgan fingerprint density at radius 3 is 2.72 bits per heavy atom. The summed E-state index contributed by atoms with van der Waals surface area (Å²) in [6.07, 6.45) is 1.08. The van der Waals surface area contributed by atoms with Gasteiger partial charge in [0.15, 0.2) is 0 Å². The molecule has 100 valence electrons. The van der Waals surface area contributed by atoms with E-state index in [0.717, 1.165) is 13.0 Å². The van der Waals surface area contributed by atoms with Gasteiger partial charge in [0, 0.05) is 12.7 Å². The molecule has 1 aliphatic heterocycles. The molecular formula is C13H18I2N2O. The minimum Gasteiger partial charge on any atom is -0.508 e. The summed E-state index contributed by atoms with van der Waals surface area (Å²) >= 11 is 5.07. The number of hydrogen-bond acceptors (Lipinski definition) is 3. The van der Waals surface area contributed by atoms with E-state index in [2.05, 4.69) is 76.1 Å². The highest BCUT2D eigenvalue weighted by atomic mass is 127. The zero-order chi connectivity index (χ0) is 13.5. The second-order valence-corrected chi connectivity index (χ2v) is 8.17. The second kappa shape index (κ2) is 5.32. The van der Waals surface area contributed by atoms with Crippen LogP contribution in [0.5, 0.6) is 5.75 Å². The van der Waals surface area contributed by atoms with Gasteiger partial charge >= 0.3 is 0 Å². The van der Waals surface area contributed by atoms with Crippen LogP contribution in [0.1, 0.15) is 12.0 Å². The predicted octanol–water partition coefficient (Wildman–Crippen LogP) is 3.19. The summed E-state index contributed by atoms with van der Waals surface area (Å²) in [6.45, 7) is 1.05. The van der Waals surface area contributed by atoms with Crippen molar-refractivity contribution in [2.24, 2.45) is 0 Å². The van der Waals surface area contributed by atoms with E-state index in [-0.39, 0.29) is 3.42 Å². The fraction of sp³-hybridized carbons (Fsp3) is 0.538. The highest BCUT2D eigenvalue weighted by molar-refractivity contribution is 14.1. The summed E-state index contributed by atoms with van der Waals surface area (Å²) in [6, 6.07) is 5.71. The molecule has 1 aromatic carbocycles. The molecular weight excluding hydrogens is 454 g/mol. The molecule has 0 spiro atoms. The molecule has 0 saturated carbocycles. The van der Waals surface area contributed by atoms with E-state index in [0.29, 0.717) is 9.80 Å². The van der Waals surface area contributed by atoms with Crippen molar-refractivity contribution in [1.29, 1.82) is 0 Å². The molecule has 0 saturated heterocycles. The summed E-state index contributed by atoms with van der Waals surface area (Å²) in [7, 11) is 6.33. The molecule has 5 heteroatoms. The van der Waals surface area contributed by atoms with Gasteiger partial charge in [-0.25, -0.2) is 0 Å². The van der Waals surface area contributed by atoms with E-state index in [1.54, 1.807) is 6.07 Å². The van der Waals surface area contributed by atoms with Crippen molar-refractivity contribution in [2.45, 2.75) is 13.9 Å². The lowest BCUT2D eigenvalue weighted by molar-refractivity contribution is 0.377. The van der Waals surface area contributed by atoms with Gasteiger partial charge in [0.05, 0.1) is 7.47 Å². The smallest absolute Gasteiger partial charge is 0.116 e. The van der Waals surface area contributed by atoms with Gasteiger partial charge in [0.25, 0.3) is 0 Å². The highest BCUT2D eigenvalue weighted by Crippen LogP contribution is 2.54. The molecule has 1 aliphatic rings. The zero-order valence-corrected chi connectivity index (χ0v) is 15.1. The first kappa shape index (κ1) is 14.6. The monoisotopic (exact) mass is 472 g/mol. The molecule has 2 atom stereocenters. The van der Waals surface area contributed by atoms with Crippen LogP contribution < -0.4 is 4.90 Å². The number of fused-ring (bicyclic) bond motifs is 1. The third-order valence-electron chi connectivity index (χ3n) is 3.45. The Morgan fingerprint density at radius 2 is 2.11 bits per heavy atom. The molecule has 1 N–H and O–H groups in total. The van der Waals surface area contributed by atoms with Gasteiger partial charge in [0.1, 0.15) is 5.75 Å². The van der Waals surface area contributed by atoms with Crippen LogP contribution in [0, 0.1) is 0 Å². The maximum Gasteiger partial charge on any atom is 0.116 e. The third kappa shape index (κ3) is 2.45. The average molecular weight is 472 g/mol. The molecule has 1 aromatic rings. The number of phenols is 1. The lowest BCUT2D eigenvalue weighted by atomic mass is 9.97. The Bertz CT molecular complexity index is 453. The lowest BCUT2D eigenvalue weighted by Crippen LogP contribution is -2.36. The van der Waals surface area contributed by atoms with Crippen LogP contribution >= 0.6 is 45.2 Å². The van der Waals surface area contributed by atoms with E-state index in [4.69, 9.17) is 0 Å². The number of alkyl halides is 2. The van der Waals surface area contributed by atoms with E-state index < -0.39 is 0 Å². The highest BCUT2D eigenvalue weighted by Gasteiger charge is 2.46. The summed E-state index contributed by atoms with van der Waals surface area (Å²) in [5.74, 6) is 0.360. The van der Waals surface area contributed by atoms with Gasteiger partial charge in [-0.1, -0.05) is 45.2 Å². The summed E-state index contributed by atoms with van der Waals surface area (Å²) in [4.78, 5) is 4.52. The van der Waals surface area contributed by atoms with Gasteiger partial charge in [0.2, 0.25) is 0 Å². The molecule has 0 bridgehead atoms. The van der Waals surface area contributed by atoms with Crippen molar-refractivity contribution < 1.29 is 5.11 Å². The fourth-order valence-electron chi connectivity index (χ4n) is 2.36. The molecule has 0 radical (unpaired) electrons. The van der Waals surface area contributed by atoms with Crippen LogP contribution in [-0.4, -0.2) is 41.7 Å². The fourth-order valence-corrected chi connectivity index (χ4v) is 4.40. The third-order valence-corrected chi connectivity index (χ3v) is 8.25. The number of aromatic hydroxyl groups is 1. The molecule has 0 aromatic heterocycles. The van der Waals surface area contributed by atoms with Crippen molar-refractivity contribution >= 4 is 50.9 Å². The molecule has 3 nitrogen and oxygen atoms in total. The number of phenolic OH excluding ortho intramolecular Hbond substituents is 1. The van der Waals surface area contributed by atoms with Crippen LogP contribution in [0.25, 0.3) is 0 Å². The Balaban J connectivity index is 2.40. The van der Waals surface area contributed by atoms with Crippen molar-refractivity contribution in [3.63, 3.8) is 0 Å². The summed E-state index contributed by atoms with van der Waals surface area (Å²) < 4.78 is 0.471. The lowest BCUT2D eigenvalue weighted by Gasteiger charge is -2.30. The van der Waals surface area contributed by atoms with Gasteiger partial charge in [-0.3, -0.25) is 0 Å². The number of anilines is 1. The first-order chi connectivity index (χ1) is 8.36. The standard InChI is InChI=1S/C13H18I2N2O/c1-16(2)7-6-13(15)10-8-9(18)4-5-11(10)17(3)12(13)14/h4-5,8,12,18H,6-7H2,1-3H3. The Morgan fingerprint density at radius 1 is 1.44 bits per heavy atom. The SMILES string of the molecule is CN(C)CCC1(I)c2cc(O)ccc2N(C)C1I. The number of likely N-dealkylation sites (N-methyl/N-ethyl adjacent to an activating group) is 1. The van der Waals surface area contributed by atoms with Crippen molar-refractivity contribution in [3.05, 3.63) is 23.8 Å². The molecule has 18 heavy (non-hydrogen) atoms. The van der Waals surface area contributed by atoms with E-state index in [9.17, 15) is 5.11 Å². The number of hydrogen-bond donors (Lipinski definition) is 1. The first-order valence-corrected chi connectivity index (χ1v) is 8.23. The Hall–Kier alpha value is 0.240. The van der Waals surface area contributed by atoms with Gasteiger partial charge in [-0.2, -0.15) is 0 Å². The number of benzene rings is 1. The second-order valence-electron chi connectivity index (χ2n) is 5.06. The van der Waals surface area contributed by atoms with Crippen molar-refractivity contribution in [3.8, 4) is 5.75 Å².